The molecule has 18 heavy (non-hydrogen) atoms. The molecule has 1 N–H and O–H groups in total. The molecule has 0 bridgehead atoms. The second-order valence-corrected chi connectivity index (χ2v) is 4.65. The fraction of sp³-hybridized carbons (Fsp3) is 0.0714. The molecule has 2 aromatic rings. The summed E-state index contributed by atoms with van der Waals surface area (Å²) in [5, 5.41) is 11.9. The van der Waals surface area contributed by atoms with Crippen LogP contribution in [0.25, 0.3) is 0 Å². The minimum Gasteiger partial charge on any atom is -0.381 e. The first-order valence-electron chi connectivity index (χ1n) is 5.37. The van der Waals surface area contributed by atoms with Gasteiger partial charge in [-0.15, -0.1) is 0 Å². The Morgan fingerprint density at radius 2 is 1.89 bits per heavy atom. The number of halogens is 2. The number of rotatable bonds is 3. The molecule has 0 unspecified atom stereocenters. The van der Waals surface area contributed by atoms with Crippen LogP contribution in [0.4, 0.5) is 10.1 Å². The normalized spacial score (nSPS) is 9.83. The van der Waals surface area contributed by atoms with Crippen LogP contribution in [0.15, 0.2) is 46.9 Å². The van der Waals surface area contributed by atoms with Gasteiger partial charge < -0.3 is 5.32 Å². The number of hydrogen-bond acceptors (Lipinski definition) is 2. The molecule has 0 saturated carbocycles. The summed E-state index contributed by atoms with van der Waals surface area (Å²) in [7, 11) is 0. The summed E-state index contributed by atoms with van der Waals surface area (Å²) in [6, 6.07) is 14.2. The van der Waals surface area contributed by atoms with Gasteiger partial charge in [0.1, 0.15) is 5.82 Å². The minimum atomic E-state index is -0.267. The van der Waals surface area contributed by atoms with Crippen LogP contribution in [0.2, 0.25) is 0 Å². The van der Waals surface area contributed by atoms with E-state index in [-0.39, 0.29) is 5.82 Å². The molecule has 0 aliphatic heterocycles. The number of nitriles is 1. The van der Waals surface area contributed by atoms with Gasteiger partial charge in [-0.1, -0.05) is 6.07 Å². The highest BCUT2D eigenvalue weighted by Crippen LogP contribution is 2.18. The molecule has 2 aromatic carbocycles. The largest absolute Gasteiger partial charge is 0.381 e. The lowest BCUT2D eigenvalue weighted by atomic mass is 10.2. The van der Waals surface area contributed by atoms with Gasteiger partial charge in [-0.25, -0.2) is 4.39 Å². The molecule has 2 nitrogen and oxygen atoms in total. The van der Waals surface area contributed by atoms with Gasteiger partial charge in [0.05, 0.1) is 16.1 Å². The number of anilines is 1. The standard InChI is InChI=1S/C14H10BrFN2/c15-13-7-11(3-6-14(13)16)9-18-12-4-1-10(8-17)2-5-12/h1-7,18H,9H2. The van der Waals surface area contributed by atoms with Crippen molar-refractivity contribution in [2.75, 3.05) is 5.32 Å². The van der Waals surface area contributed by atoms with Crippen LogP contribution in [0.5, 0.6) is 0 Å². The van der Waals surface area contributed by atoms with Crippen LogP contribution in [0, 0.1) is 17.1 Å². The van der Waals surface area contributed by atoms with Gasteiger partial charge in [-0.05, 0) is 57.9 Å². The zero-order valence-corrected chi connectivity index (χ0v) is 11.0. The number of hydrogen-bond donors (Lipinski definition) is 1. The summed E-state index contributed by atoms with van der Waals surface area (Å²) in [4.78, 5) is 0. The second kappa shape index (κ2) is 5.65. The van der Waals surface area contributed by atoms with E-state index in [1.165, 1.54) is 6.07 Å². The molecule has 0 aliphatic carbocycles. The Labute approximate surface area is 113 Å². The third kappa shape index (κ3) is 3.08. The van der Waals surface area contributed by atoms with Gasteiger partial charge in [0.25, 0.3) is 0 Å². The van der Waals surface area contributed by atoms with Crippen molar-refractivity contribution in [2.45, 2.75) is 6.54 Å². The molecular weight excluding hydrogens is 295 g/mol. The molecule has 0 fully saturated rings. The Balaban J connectivity index is 2.02. The van der Waals surface area contributed by atoms with Crippen molar-refractivity contribution < 1.29 is 4.39 Å². The van der Waals surface area contributed by atoms with Crippen molar-refractivity contribution in [3.05, 3.63) is 63.9 Å². The summed E-state index contributed by atoms with van der Waals surface area (Å²) in [6.45, 7) is 0.602. The first-order chi connectivity index (χ1) is 8.69. The summed E-state index contributed by atoms with van der Waals surface area (Å²) < 4.78 is 13.5. The molecule has 0 spiro atoms. The average molecular weight is 305 g/mol. The maximum Gasteiger partial charge on any atom is 0.137 e. The van der Waals surface area contributed by atoms with Gasteiger partial charge in [0.2, 0.25) is 0 Å². The Hall–Kier alpha value is -1.86. The lowest BCUT2D eigenvalue weighted by Gasteiger charge is -2.07. The molecule has 0 heterocycles. The van der Waals surface area contributed by atoms with Gasteiger partial charge in [0, 0.05) is 12.2 Å². The summed E-state index contributed by atoms with van der Waals surface area (Å²) in [5.41, 5.74) is 2.53. The summed E-state index contributed by atoms with van der Waals surface area (Å²) >= 11 is 3.15. The van der Waals surface area contributed by atoms with Gasteiger partial charge in [0.15, 0.2) is 0 Å². The predicted octanol–water partition coefficient (Wildman–Crippen LogP) is 4.07. The van der Waals surface area contributed by atoms with Gasteiger partial charge in [-0.2, -0.15) is 5.26 Å². The summed E-state index contributed by atoms with van der Waals surface area (Å²) in [6.07, 6.45) is 0. The lowest BCUT2D eigenvalue weighted by molar-refractivity contribution is 0.620. The van der Waals surface area contributed by atoms with E-state index in [1.807, 2.05) is 12.1 Å². The number of nitrogens with zero attached hydrogens (tertiary/aromatic N) is 1. The molecule has 2 rings (SSSR count). The van der Waals surface area contributed by atoms with Crippen LogP contribution in [-0.4, -0.2) is 0 Å². The van der Waals surface area contributed by atoms with E-state index in [1.54, 1.807) is 24.3 Å². The number of nitrogens with one attached hydrogen (secondary N) is 1. The quantitative estimate of drug-likeness (QED) is 0.927. The topological polar surface area (TPSA) is 35.8 Å². The van der Waals surface area contributed by atoms with Crippen molar-refractivity contribution in [3.63, 3.8) is 0 Å². The first-order valence-corrected chi connectivity index (χ1v) is 6.16. The fourth-order valence-electron chi connectivity index (χ4n) is 1.52. The highest BCUT2D eigenvalue weighted by molar-refractivity contribution is 9.10. The average Bonchev–Trinajstić information content (AvgIpc) is 2.41. The minimum absolute atomic E-state index is 0.267. The second-order valence-electron chi connectivity index (χ2n) is 3.79. The monoisotopic (exact) mass is 304 g/mol. The highest BCUT2D eigenvalue weighted by atomic mass is 79.9. The maximum absolute atomic E-state index is 13.0. The molecule has 0 amide bonds. The van der Waals surface area contributed by atoms with Gasteiger partial charge >= 0.3 is 0 Å². The van der Waals surface area contributed by atoms with Crippen LogP contribution in [-0.2, 0) is 6.54 Å². The molecule has 0 radical (unpaired) electrons. The van der Waals surface area contributed by atoms with Crippen molar-refractivity contribution in [3.8, 4) is 6.07 Å². The van der Waals surface area contributed by atoms with Crippen LogP contribution >= 0.6 is 15.9 Å². The van der Waals surface area contributed by atoms with E-state index in [4.69, 9.17) is 5.26 Å². The maximum atomic E-state index is 13.0. The smallest absolute Gasteiger partial charge is 0.137 e. The van der Waals surface area contributed by atoms with Crippen molar-refractivity contribution in [2.24, 2.45) is 0 Å². The highest BCUT2D eigenvalue weighted by Gasteiger charge is 2.00. The van der Waals surface area contributed by atoms with E-state index in [9.17, 15) is 4.39 Å². The molecular formula is C14H10BrFN2. The van der Waals surface area contributed by atoms with E-state index >= 15 is 0 Å². The first kappa shape index (κ1) is 12.6. The number of benzene rings is 2. The molecule has 90 valence electrons. The third-order valence-electron chi connectivity index (χ3n) is 2.49. The van der Waals surface area contributed by atoms with Crippen LogP contribution < -0.4 is 5.32 Å². The van der Waals surface area contributed by atoms with Crippen molar-refractivity contribution in [1.82, 2.24) is 0 Å². The van der Waals surface area contributed by atoms with E-state index in [2.05, 4.69) is 27.3 Å². The lowest BCUT2D eigenvalue weighted by Crippen LogP contribution is -1.99. The predicted molar refractivity (Wildman–Crippen MR) is 72.6 cm³/mol. The SMILES string of the molecule is N#Cc1ccc(NCc2ccc(F)c(Br)c2)cc1. The zero-order chi connectivity index (χ0) is 13.0. The summed E-state index contributed by atoms with van der Waals surface area (Å²) in [5.74, 6) is -0.267. The van der Waals surface area contributed by atoms with Gasteiger partial charge in [-0.3, -0.25) is 0 Å². The molecule has 0 aliphatic rings. The van der Waals surface area contributed by atoms with Crippen LogP contribution in [0.1, 0.15) is 11.1 Å². The van der Waals surface area contributed by atoms with E-state index in [0.717, 1.165) is 11.3 Å². The third-order valence-corrected chi connectivity index (χ3v) is 3.10. The van der Waals surface area contributed by atoms with Crippen molar-refractivity contribution in [1.29, 1.82) is 5.26 Å². The Kier molecular flexibility index (Phi) is 3.96. The van der Waals surface area contributed by atoms with Crippen molar-refractivity contribution >= 4 is 21.6 Å². The van der Waals surface area contributed by atoms with E-state index < -0.39 is 0 Å². The Bertz CT molecular complexity index is 588. The molecule has 4 heteroatoms. The fourth-order valence-corrected chi connectivity index (χ4v) is 1.94. The molecule has 0 saturated heterocycles. The Morgan fingerprint density at radius 1 is 1.17 bits per heavy atom. The van der Waals surface area contributed by atoms with E-state index in [0.29, 0.717) is 16.6 Å². The Morgan fingerprint density at radius 3 is 2.50 bits per heavy atom. The molecule has 0 atom stereocenters. The van der Waals surface area contributed by atoms with Crippen LogP contribution in [0.3, 0.4) is 0 Å². The molecule has 0 aromatic heterocycles. The zero-order valence-electron chi connectivity index (χ0n) is 9.45.